The number of hydrogen-bond acceptors (Lipinski definition) is 1. The normalized spacial score (nSPS) is 9.92. The van der Waals surface area contributed by atoms with Crippen molar-refractivity contribution < 1.29 is 5.11 Å². The van der Waals surface area contributed by atoms with E-state index < -0.39 is 0 Å². The standard InChI is InChI=1S/C12H16O/c1-2-4-11-6-8-12(9-7-11)5-3-10-13/h2,6-9,13H,1,3-5,10H2. The molecule has 0 aromatic heterocycles. The summed E-state index contributed by atoms with van der Waals surface area (Å²) in [6.07, 6.45) is 4.65. The highest BCUT2D eigenvalue weighted by atomic mass is 16.2. The van der Waals surface area contributed by atoms with Gasteiger partial charge in [0.05, 0.1) is 0 Å². The van der Waals surface area contributed by atoms with E-state index in [4.69, 9.17) is 5.11 Å². The van der Waals surface area contributed by atoms with Crippen molar-refractivity contribution in [3.8, 4) is 0 Å². The average molecular weight is 176 g/mol. The second-order valence-corrected chi connectivity index (χ2v) is 3.14. The molecule has 0 fully saturated rings. The van der Waals surface area contributed by atoms with Crippen molar-refractivity contribution in [2.75, 3.05) is 6.61 Å². The van der Waals surface area contributed by atoms with E-state index in [1.807, 2.05) is 6.08 Å². The van der Waals surface area contributed by atoms with Crippen LogP contribution in [0.3, 0.4) is 0 Å². The van der Waals surface area contributed by atoms with Crippen molar-refractivity contribution in [1.29, 1.82) is 0 Å². The van der Waals surface area contributed by atoms with E-state index in [2.05, 4.69) is 30.8 Å². The lowest BCUT2D eigenvalue weighted by Gasteiger charge is -2.00. The van der Waals surface area contributed by atoms with E-state index in [0.29, 0.717) is 0 Å². The summed E-state index contributed by atoms with van der Waals surface area (Å²) >= 11 is 0. The van der Waals surface area contributed by atoms with E-state index >= 15 is 0 Å². The summed E-state index contributed by atoms with van der Waals surface area (Å²) in [5.41, 5.74) is 2.59. The van der Waals surface area contributed by atoms with Gasteiger partial charge < -0.3 is 5.11 Å². The third-order valence-corrected chi connectivity index (χ3v) is 2.03. The third kappa shape index (κ3) is 3.43. The fourth-order valence-electron chi connectivity index (χ4n) is 1.29. The molecule has 0 saturated heterocycles. The van der Waals surface area contributed by atoms with Gasteiger partial charge in [0.25, 0.3) is 0 Å². The van der Waals surface area contributed by atoms with Crippen LogP contribution in [0, 0.1) is 0 Å². The highest BCUT2D eigenvalue weighted by Gasteiger charge is 1.92. The predicted octanol–water partition coefficient (Wildman–Crippen LogP) is 2.34. The molecular formula is C12H16O. The fraction of sp³-hybridized carbons (Fsp3) is 0.333. The Labute approximate surface area is 79.7 Å². The Bertz CT molecular complexity index is 248. The van der Waals surface area contributed by atoms with Gasteiger partial charge in [0.2, 0.25) is 0 Å². The largest absolute Gasteiger partial charge is 0.396 e. The van der Waals surface area contributed by atoms with Crippen molar-refractivity contribution in [3.63, 3.8) is 0 Å². The van der Waals surface area contributed by atoms with Crippen molar-refractivity contribution in [2.24, 2.45) is 0 Å². The van der Waals surface area contributed by atoms with Crippen LogP contribution in [0.5, 0.6) is 0 Å². The van der Waals surface area contributed by atoms with Gasteiger partial charge in [-0.1, -0.05) is 30.3 Å². The lowest BCUT2D eigenvalue weighted by Crippen LogP contribution is -1.89. The molecule has 1 aromatic rings. The van der Waals surface area contributed by atoms with Gasteiger partial charge in [-0.3, -0.25) is 0 Å². The van der Waals surface area contributed by atoms with Crippen molar-refractivity contribution >= 4 is 0 Å². The van der Waals surface area contributed by atoms with Crippen LogP contribution in [0.4, 0.5) is 0 Å². The minimum Gasteiger partial charge on any atom is -0.396 e. The van der Waals surface area contributed by atoms with Gasteiger partial charge in [-0.2, -0.15) is 0 Å². The lowest BCUT2D eigenvalue weighted by atomic mass is 10.1. The van der Waals surface area contributed by atoms with Crippen LogP contribution in [0.1, 0.15) is 17.5 Å². The first-order valence-electron chi connectivity index (χ1n) is 4.66. The molecule has 1 heteroatoms. The van der Waals surface area contributed by atoms with Gasteiger partial charge >= 0.3 is 0 Å². The van der Waals surface area contributed by atoms with E-state index in [0.717, 1.165) is 19.3 Å². The van der Waals surface area contributed by atoms with Gasteiger partial charge in [-0.05, 0) is 30.4 Å². The molecule has 0 aliphatic carbocycles. The summed E-state index contributed by atoms with van der Waals surface area (Å²) in [6.45, 7) is 3.97. The third-order valence-electron chi connectivity index (χ3n) is 2.03. The maximum atomic E-state index is 8.65. The number of aliphatic hydroxyl groups is 1. The van der Waals surface area contributed by atoms with Gasteiger partial charge in [-0.25, -0.2) is 0 Å². The Kier molecular flexibility index (Phi) is 4.27. The molecule has 0 radical (unpaired) electrons. The number of allylic oxidation sites excluding steroid dienone is 1. The summed E-state index contributed by atoms with van der Waals surface area (Å²) in [6, 6.07) is 8.48. The number of aryl methyl sites for hydroxylation is 1. The van der Waals surface area contributed by atoms with Gasteiger partial charge in [0.1, 0.15) is 0 Å². The molecule has 0 amide bonds. The first-order chi connectivity index (χ1) is 6.36. The Morgan fingerprint density at radius 1 is 1.15 bits per heavy atom. The van der Waals surface area contributed by atoms with Gasteiger partial charge in [0, 0.05) is 6.61 Å². The minimum absolute atomic E-state index is 0.272. The molecule has 13 heavy (non-hydrogen) atoms. The van der Waals surface area contributed by atoms with E-state index in [-0.39, 0.29) is 6.61 Å². The van der Waals surface area contributed by atoms with Crippen LogP contribution in [0.15, 0.2) is 36.9 Å². The molecule has 0 aliphatic rings. The molecule has 1 aromatic carbocycles. The number of aliphatic hydroxyl groups excluding tert-OH is 1. The average Bonchev–Trinajstić information content (AvgIpc) is 2.17. The van der Waals surface area contributed by atoms with Crippen LogP contribution in [0.25, 0.3) is 0 Å². The molecule has 0 unspecified atom stereocenters. The quantitative estimate of drug-likeness (QED) is 0.683. The molecular weight excluding hydrogens is 160 g/mol. The van der Waals surface area contributed by atoms with Crippen molar-refractivity contribution in [3.05, 3.63) is 48.0 Å². The second-order valence-electron chi connectivity index (χ2n) is 3.14. The molecule has 1 nitrogen and oxygen atoms in total. The van der Waals surface area contributed by atoms with Crippen LogP contribution in [-0.4, -0.2) is 11.7 Å². The maximum absolute atomic E-state index is 8.65. The van der Waals surface area contributed by atoms with E-state index in [1.165, 1.54) is 11.1 Å². The molecule has 0 heterocycles. The predicted molar refractivity (Wildman–Crippen MR) is 55.7 cm³/mol. The topological polar surface area (TPSA) is 20.2 Å². The van der Waals surface area contributed by atoms with Crippen LogP contribution in [-0.2, 0) is 12.8 Å². The van der Waals surface area contributed by atoms with Gasteiger partial charge in [0.15, 0.2) is 0 Å². The maximum Gasteiger partial charge on any atom is 0.0434 e. The SMILES string of the molecule is C=CCc1ccc(CCCO)cc1. The zero-order chi connectivity index (χ0) is 9.52. The minimum atomic E-state index is 0.272. The first kappa shape index (κ1) is 10.0. The fourth-order valence-corrected chi connectivity index (χ4v) is 1.29. The monoisotopic (exact) mass is 176 g/mol. The number of hydrogen-bond donors (Lipinski definition) is 1. The Hall–Kier alpha value is -1.08. The van der Waals surface area contributed by atoms with Crippen molar-refractivity contribution in [2.45, 2.75) is 19.3 Å². The first-order valence-corrected chi connectivity index (χ1v) is 4.66. The molecule has 0 bridgehead atoms. The van der Waals surface area contributed by atoms with Crippen LogP contribution < -0.4 is 0 Å². The van der Waals surface area contributed by atoms with E-state index in [9.17, 15) is 0 Å². The highest BCUT2D eigenvalue weighted by Crippen LogP contribution is 2.07. The summed E-state index contributed by atoms with van der Waals surface area (Å²) in [5.74, 6) is 0. The molecule has 0 saturated carbocycles. The van der Waals surface area contributed by atoms with Crippen LogP contribution >= 0.6 is 0 Å². The Morgan fingerprint density at radius 3 is 2.31 bits per heavy atom. The summed E-state index contributed by atoms with van der Waals surface area (Å²) in [5, 5.41) is 8.65. The van der Waals surface area contributed by atoms with Gasteiger partial charge in [-0.15, -0.1) is 6.58 Å². The molecule has 0 atom stereocenters. The lowest BCUT2D eigenvalue weighted by molar-refractivity contribution is 0.288. The van der Waals surface area contributed by atoms with Crippen molar-refractivity contribution in [1.82, 2.24) is 0 Å². The summed E-state index contributed by atoms with van der Waals surface area (Å²) in [4.78, 5) is 0. The number of benzene rings is 1. The zero-order valence-corrected chi connectivity index (χ0v) is 7.87. The van der Waals surface area contributed by atoms with Crippen LogP contribution in [0.2, 0.25) is 0 Å². The van der Waals surface area contributed by atoms with E-state index in [1.54, 1.807) is 0 Å². The molecule has 0 aliphatic heterocycles. The smallest absolute Gasteiger partial charge is 0.0434 e. The Morgan fingerprint density at radius 2 is 1.77 bits per heavy atom. The molecule has 70 valence electrons. The Balaban J connectivity index is 2.53. The molecule has 0 spiro atoms. The highest BCUT2D eigenvalue weighted by molar-refractivity contribution is 5.23. The summed E-state index contributed by atoms with van der Waals surface area (Å²) < 4.78 is 0. The summed E-state index contributed by atoms with van der Waals surface area (Å²) in [7, 11) is 0. The molecule has 1 N–H and O–H groups in total. The number of rotatable bonds is 5. The second kappa shape index (κ2) is 5.55. The zero-order valence-electron chi connectivity index (χ0n) is 7.87. The molecule has 1 rings (SSSR count).